The van der Waals surface area contributed by atoms with Crippen molar-refractivity contribution in [3.05, 3.63) is 48.0 Å². The van der Waals surface area contributed by atoms with Gasteiger partial charge in [-0.15, -0.1) is 6.58 Å². The van der Waals surface area contributed by atoms with Crippen molar-refractivity contribution in [2.24, 2.45) is 0 Å². The summed E-state index contributed by atoms with van der Waals surface area (Å²) in [5.41, 5.74) is 2.49. The standard InChI is InChI=1S/C16H22O/c1-13(2)9-10-15(17)16(11-6-12-16)14-7-4-3-5-8-14/h3-5,7-8,15,17H,1,6,9-12H2,2H3. The molecule has 1 N–H and O–H groups in total. The molecule has 0 bridgehead atoms. The molecule has 0 saturated heterocycles. The third kappa shape index (κ3) is 2.44. The number of rotatable bonds is 5. The van der Waals surface area contributed by atoms with Gasteiger partial charge in [-0.25, -0.2) is 0 Å². The van der Waals surface area contributed by atoms with Gasteiger partial charge in [-0.05, 0) is 38.2 Å². The first-order chi connectivity index (χ1) is 8.15. The summed E-state index contributed by atoms with van der Waals surface area (Å²) in [6.07, 6.45) is 5.01. The van der Waals surface area contributed by atoms with E-state index in [9.17, 15) is 5.11 Å². The number of hydrogen-bond acceptors (Lipinski definition) is 1. The van der Waals surface area contributed by atoms with Crippen LogP contribution in [0.25, 0.3) is 0 Å². The monoisotopic (exact) mass is 230 g/mol. The fraction of sp³-hybridized carbons (Fsp3) is 0.500. The van der Waals surface area contributed by atoms with Crippen molar-refractivity contribution >= 4 is 0 Å². The molecule has 17 heavy (non-hydrogen) atoms. The molecule has 1 aromatic carbocycles. The summed E-state index contributed by atoms with van der Waals surface area (Å²) in [7, 11) is 0. The number of allylic oxidation sites excluding steroid dienone is 1. The van der Waals surface area contributed by atoms with E-state index < -0.39 is 0 Å². The van der Waals surface area contributed by atoms with E-state index in [1.54, 1.807) is 0 Å². The maximum atomic E-state index is 10.5. The normalized spacial score (nSPS) is 19.4. The van der Waals surface area contributed by atoms with E-state index in [1.807, 2.05) is 13.0 Å². The molecule has 1 heteroatoms. The number of aliphatic hydroxyl groups excluding tert-OH is 1. The highest BCUT2D eigenvalue weighted by Gasteiger charge is 2.44. The molecule has 1 aromatic rings. The number of hydrogen-bond donors (Lipinski definition) is 1. The number of aliphatic hydroxyl groups is 1. The summed E-state index contributed by atoms with van der Waals surface area (Å²) in [5.74, 6) is 0. The van der Waals surface area contributed by atoms with E-state index in [-0.39, 0.29) is 11.5 Å². The minimum Gasteiger partial charge on any atom is -0.392 e. The zero-order valence-corrected chi connectivity index (χ0v) is 10.7. The topological polar surface area (TPSA) is 20.2 Å². The Labute approximate surface area is 104 Å². The molecule has 0 heterocycles. The molecule has 0 aliphatic heterocycles. The second kappa shape index (κ2) is 5.05. The molecule has 0 radical (unpaired) electrons. The van der Waals surface area contributed by atoms with E-state index in [0.717, 1.165) is 31.3 Å². The zero-order chi connectivity index (χ0) is 12.3. The smallest absolute Gasteiger partial charge is 0.0639 e. The Kier molecular flexibility index (Phi) is 3.68. The first-order valence-electron chi connectivity index (χ1n) is 6.53. The van der Waals surface area contributed by atoms with Crippen molar-refractivity contribution in [2.75, 3.05) is 0 Å². The largest absolute Gasteiger partial charge is 0.392 e. The van der Waals surface area contributed by atoms with E-state index in [1.165, 1.54) is 12.0 Å². The fourth-order valence-corrected chi connectivity index (χ4v) is 2.80. The lowest BCUT2D eigenvalue weighted by atomic mass is 9.60. The summed E-state index contributed by atoms with van der Waals surface area (Å²) in [5, 5.41) is 10.5. The molecule has 0 amide bonds. The van der Waals surface area contributed by atoms with Gasteiger partial charge in [0.05, 0.1) is 6.10 Å². The van der Waals surface area contributed by atoms with Crippen LogP contribution in [0.2, 0.25) is 0 Å². The fourth-order valence-electron chi connectivity index (χ4n) is 2.80. The van der Waals surface area contributed by atoms with Crippen LogP contribution in [-0.2, 0) is 5.41 Å². The highest BCUT2D eigenvalue weighted by molar-refractivity contribution is 5.29. The Morgan fingerprint density at radius 1 is 1.35 bits per heavy atom. The molecule has 1 unspecified atom stereocenters. The van der Waals surface area contributed by atoms with Gasteiger partial charge in [-0.3, -0.25) is 0 Å². The Morgan fingerprint density at radius 3 is 2.47 bits per heavy atom. The van der Waals surface area contributed by atoms with E-state index in [0.29, 0.717) is 0 Å². The van der Waals surface area contributed by atoms with Crippen molar-refractivity contribution in [3.63, 3.8) is 0 Å². The van der Waals surface area contributed by atoms with Crippen LogP contribution in [-0.4, -0.2) is 11.2 Å². The molecule has 1 nitrogen and oxygen atoms in total. The average Bonchev–Trinajstić information content (AvgIpc) is 2.26. The van der Waals surface area contributed by atoms with Crippen LogP contribution in [0, 0.1) is 0 Å². The van der Waals surface area contributed by atoms with E-state index in [4.69, 9.17) is 0 Å². The van der Waals surface area contributed by atoms with Crippen LogP contribution in [0.15, 0.2) is 42.5 Å². The highest BCUT2D eigenvalue weighted by atomic mass is 16.3. The SMILES string of the molecule is C=C(C)CCC(O)C1(c2ccccc2)CCC1. The average molecular weight is 230 g/mol. The Hall–Kier alpha value is -1.08. The van der Waals surface area contributed by atoms with E-state index in [2.05, 4.69) is 30.8 Å². The van der Waals surface area contributed by atoms with Crippen LogP contribution in [0.4, 0.5) is 0 Å². The highest BCUT2D eigenvalue weighted by Crippen LogP contribution is 2.47. The van der Waals surface area contributed by atoms with Crippen LogP contribution in [0.3, 0.4) is 0 Å². The Bertz CT molecular complexity index is 376. The molecule has 92 valence electrons. The van der Waals surface area contributed by atoms with Crippen LogP contribution < -0.4 is 0 Å². The molecule has 2 rings (SSSR count). The first kappa shape index (κ1) is 12.4. The third-order valence-corrected chi connectivity index (χ3v) is 4.08. The molecule has 1 aliphatic rings. The molecular weight excluding hydrogens is 208 g/mol. The summed E-state index contributed by atoms with van der Waals surface area (Å²) >= 11 is 0. The second-order valence-electron chi connectivity index (χ2n) is 5.39. The summed E-state index contributed by atoms with van der Waals surface area (Å²) in [6.45, 7) is 5.95. The van der Waals surface area contributed by atoms with Gasteiger partial charge in [0.1, 0.15) is 0 Å². The molecule has 0 spiro atoms. The Balaban J connectivity index is 2.12. The van der Waals surface area contributed by atoms with Crippen molar-refractivity contribution < 1.29 is 5.11 Å². The lowest BCUT2D eigenvalue weighted by Gasteiger charge is -2.46. The van der Waals surface area contributed by atoms with Crippen molar-refractivity contribution in [1.29, 1.82) is 0 Å². The maximum Gasteiger partial charge on any atom is 0.0639 e. The van der Waals surface area contributed by atoms with E-state index >= 15 is 0 Å². The second-order valence-corrected chi connectivity index (χ2v) is 5.39. The zero-order valence-electron chi connectivity index (χ0n) is 10.7. The molecule has 1 atom stereocenters. The number of benzene rings is 1. The van der Waals surface area contributed by atoms with Gasteiger partial charge in [-0.2, -0.15) is 0 Å². The van der Waals surface area contributed by atoms with Gasteiger partial charge in [0.25, 0.3) is 0 Å². The molecular formula is C16H22O. The summed E-state index contributed by atoms with van der Waals surface area (Å²) in [6, 6.07) is 10.5. The lowest BCUT2D eigenvalue weighted by molar-refractivity contribution is 0.0225. The van der Waals surface area contributed by atoms with Crippen LogP contribution in [0.1, 0.15) is 44.6 Å². The first-order valence-corrected chi connectivity index (χ1v) is 6.53. The Morgan fingerprint density at radius 2 is 2.00 bits per heavy atom. The predicted molar refractivity (Wildman–Crippen MR) is 72.0 cm³/mol. The maximum absolute atomic E-state index is 10.5. The lowest BCUT2D eigenvalue weighted by Crippen LogP contribution is -2.45. The van der Waals surface area contributed by atoms with Crippen LogP contribution >= 0.6 is 0 Å². The van der Waals surface area contributed by atoms with Gasteiger partial charge in [0, 0.05) is 5.41 Å². The van der Waals surface area contributed by atoms with Gasteiger partial charge in [0.2, 0.25) is 0 Å². The van der Waals surface area contributed by atoms with Crippen molar-refractivity contribution in [2.45, 2.75) is 50.5 Å². The molecule has 0 aromatic heterocycles. The molecule has 1 saturated carbocycles. The third-order valence-electron chi connectivity index (χ3n) is 4.08. The summed E-state index contributed by atoms with van der Waals surface area (Å²) < 4.78 is 0. The minimum atomic E-state index is -0.227. The quantitative estimate of drug-likeness (QED) is 0.762. The van der Waals surface area contributed by atoms with Crippen molar-refractivity contribution in [1.82, 2.24) is 0 Å². The minimum absolute atomic E-state index is 0.0245. The predicted octanol–water partition coefficient (Wildman–Crippen LogP) is 3.83. The van der Waals surface area contributed by atoms with Crippen molar-refractivity contribution in [3.8, 4) is 0 Å². The van der Waals surface area contributed by atoms with Gasteiger partial charge < -0.3 is 5.11 Å². The van der Waals surface area contributed by atoms with Gasteiger partial charge >= 0.3 is 0 Å². The summed E-state index contributed by atoms with van der Waals surface area (Å²) in [4.78, 5) is 0. The molecule has 1 fully saturated rings. The van der Waals surface area contributed by atoms with Gasteiger partial charge in [-0.1, -0.05) is 42.3 Å². The van der Waals surface area contributed by atoms with Crippen LogP contribution in [0.5, 0.6) is 0 Å². The van der Waals surface area contributed by atoms with Gasteiger partial charge in [0.15, 0.2) is 0 Å². The molecule has 1 aliphatic carbocycles.